The van der Waals surface area contributed by atoms with Gasteiger partial charge in [-0.3, -0.25) is 4.72 Å². The highest BCUT2D eigenvalue weighted by molar-refractivity contribution is 7.92. The predicted molar refractivity (Wildman–Crippen MR) is 75.0 cm³/mol. The summed E-state index contributed by atoms with van der Waals surface area (Å²) in [5, 5.41) is 4.89. The van der Waals surface area contributed by atoms with Crippen molar-refractivity contribution >= 4 is 25.7 Å². The van der Waals surface area contributed by atoms with Crippen LogP contribution in [0.5, 0.6) is 0 Å². The van der Waals surface area contributed by atoms with E-state index in [4.69, 9.17) is 5.14 Å². The molecule has 0 unspecified atom stereocenters. The van der Waals surface area contributed by atoms with Gasteiger partial charge >= 0.3 is 0 Å². The number of nitrogens with two attached hydrogens (primary N) is 1. The molecule has 0 atom stereocenters. The lowest BCUT2D eigenvalue weighted by atomic mass is 10.3. The van der Waals surface area contributed by atoms with E-state index in [9.17, 15) is 25.6 Å². The van der Waals surface area contributed by atoms with Crippen molar-refractivity contribution in [1.29, 1.82) is 0 Å². The Labute approximate surface area is 125 Å². The van der Waals surface area contributed by atoms with Crippen LogP contribution >= 0.6 is 0 Å². The molecule has 0 spiro atoms. The van der Waals surface area contributed by atoms with Crippen molar-refractivity contribution < 1.29 is 25.6 Å². The van der Waals surface area contributed by atoms with Gasteiger partial charge in [-0.1, -0.05) is 6.07 Å². The second-order valence-corrected chi connectivity index (χ2v) is 7.46. The average molecular weight is 348 g/mol. The molecule has 0 amide bonds. The molecule has 0 radical (unpaired) electrons. The van der Waals surface area contributed by atoms with E-state index in [1.165, 1.54) is 0 Å². The summed E-state index contributed by atoms with van der Waals surface area (Å²) < 4.78 is 74.9. The molecule has 0 aliphatic rings. The van der Waals surface area contributed by atoms with Crippen molar-refractivity contribution in [3.05, 3.63) is 54.1 Å². The van der Waals surface area contributed by atoms with Crippen LogP contribution in [0.25, 0.3) is 0 Å². The Morgan fingerprint density at radius 3 is 1.73 bits per heavy atom. The van der Waals surface area contributed by atoms with Gasteiger partial charge in [-0.2, -0.15) is 0 Å². The Hall–Kier alpha value is -2.04. The fourth-order valence-electron chi connectivity index (χ4n) is 1.60. The summed E-state index contributed by atoms with van der Waals surface area (Å²) in [6, 6.07) is 6.74. The van der Waals surface area contributed by atoms with Crippen LogP contribution in [0.15, 0.2) is 52.3 Å². The van der Waals surface area contributed by atoms with E-state index in [1.807, 2.05) is 0 Å². The SMILES string of the molecule is NS(=O)(=O)c1ccc(S(=O)(=O)Nc2c(F)cccc2F)cc1. The summed E-state index contributed by atoms with van der Waals surface area (Å²) in [6.45, 7) is 0. The van der Waals surface area contributed by atoms with Crippen LogP contribution in [0.4, 0.5) is 14.5 Å². The van der Waals surface area contributed by atoms with E-state index in [0.717, 1.165) is 42.5 Å². The summed E-state index contributed by atoms with van der Waals surface area (Å²) in [4.78, 5) is -0.661. The molecule has 0 bridgehead atoms. The van der Waals surface area contributed by atoms with Gasteiger partial charge in [0.2, 0.25) is 10.0 Å². The number of hydrogen-bond acceptors (Lipinski definition) is 4. The largest absolute Gasteiger partial charge is 0.274 e. The Balaban J connectivity index is 2.39. The van der Waals surface area contributed by atoms with Crippen LogP contribution in [0, 0.1) is 11.6 Å². The van der Waals surface area contributed by atoms with E-state index in [2.05, 4.69) is 0 Å². The second kappa shape index (κ2) is 5.63. The molecule has 0 saturated carbocycles. The molecule has 0 fully saturated rings. The van der Waals surface area contributed by atoms with Gasteiger partial charge in [0.05, 0.1) is 9.79 Å². The van der Waals surface area contributed by atoms with Gasteiger partial charge in [-0.15, -0.1) is 0 Å². The van der Waals surface area contributed by atoms with Crippen LogP contribution in [0.2, 0.25) is 0 Å². The van der Waals surface area contributed by atoms with Crippen molar-refractivity contribution in [3.63, 3.8) is 0 Å². The second-order valence-electron chi connectivity index (χ2n) is 4.22. The minimum absolute atomic E-state index is 0.288. The molecule has 118 valence electrons. The van der Waals surface area contributed by atoms with E-state index in [-0.39, 0.29) is 9.79 Å². The number of halogens is 2. The highest BCUT2D eigenvalue weighted by Crippen LogP contribution is 2.22. The molecule has 22 heavy (non-hydrogen) atoms. The molecule has 3 N–H and O–H groups in total. The van der Waals surface area contributed by atoms with Crippen LogP contribution in [-0.4, -0.2) is 16.8 Å². The van der Waals surface area contributed by atoms with Crippen LogP contribution < -0.4 is 9.86 Å². The fraction of sp³-hybridized carbons (Fsp3) is 0. The Bertz CT molecular complexity index is 890. The van der Waals surface area contributed by atoms with Crippen molar-refractivity contribution in [2.45, 2.75) is 9.79 Å². The molecule has 0 aromatic heterocycles. The van der Waals surface area contributed by atoms with E-state index in [1.54, 1.807) is 4.72 Å². The number of sulfonamides is 2. The van der Waals surface area contributed by atoms with Crippen LogP contribution in [0.3, 0.4) is 0 Å². The third kappa shape index (κ3) is 3.40. The zero-order valence-electron chi connectivity index (χ0n) is 10.8. The van der Waals surface area contributed by atoms with Crippen LogP contribution in [-0.2, 0) is 20.0 Å². The summed E-state index contributed by atoms with van der Waals surface area (Å²) >= 11 is 0. The molecule has 0 heterocycles. The highest BCUT2D eigenvalue weighted by Gasteiger charge is 2.19. The van der Waals surface area contributed by atoms with Gasteiger partial charge in [0.25, 0.3) is 10.0 Å². The zero-order chi connectivity index (χ0) is 16.5. The van der Waals surface area contributed by atoms with E-state index in [0.29, 0.717) is 0 Å². The van der Waals surface area contributed by atoms with Crippen molar-refractivity contribution in [2.24, 2.45) is 5.14 Å². The molecule has 2 aromatic carbocycles. The van der Waals surface area contributed by atoms with E-state index >= 15 is 0 Å². The smallest absolute Gasteiger partial charge is 0.262 e. The van der Waals surface area contributed by atoms with Crippen molar-refractivity contribution in [2.75, 3.05) is 4.72 Å². The average Bonchev–Trinajstić information content (AvgIpc) is 2.42. The van der Waals surface area contributed by atoms with E-state index < -0.39 is 37.4 Å². The summed E-state index contributed by atoms with van der Waals surface area (Å²) in [6.07, 6.45) is 0. The number of hydrogen-bond donors (Lipinski definition) is 2. The van der Waals surface area contributed by atoms with Gasteiger partial charge in [0.15, 0.2) is 0 Å². The highest BCUT2D eigenvalue weighted by atomic mass is 32.2. The van der Waals surface area contributed by atoms with Gasteiger partial charge in [0.1, 0.15) is 17.3 Å². The third-order valence-corrected chi connectivity index (χ3v) is 4.96. The molecule has 0 aliphatic carbocycles. The fourth-order valence-corrected chi connectivity index (χ4v) is 3.19. The number of anilines is 1. The first-order chi connectivity index (χ1) is 10.1. The van der Waals surface area contributed by atoms with Gasteiger partial charge in [0, 0.05) is 0 Å². The number of nitrogens with one attached hydrogen (secondary N) is 1. The molecule has 0 aliphatic heterocycles. The Morgan fingerprint density at radius 2 is 1.27 bits per heavy atom. The maximum Gasteiger partial charge on any atom is 0.262 e. The summed E-state index contributed by atoms with van der Waals surface area (Å²) in [5.41, 5.74) is -0.821. The van der Waals surface area contributed by atoms with Crippen molar-refractivity contribution in [1.82, 2.24) is 0 Å². The molecule has 0 saturated heterocycles. The van der Waals surface area contributed by atoms with Crippen LogP contribution in [0.1, 0.15) is 0 Å². The number of benzene rings is 2. The maximum atomic E-state index is 13.5. The molecular weight excluding hydrogens is 338 g/mol. The molecular formula is C12H10F2N2O4S2. The third-order valence-electron chi connectivity index (χ3n) is 2.66. The predicted octanol–water partition coefficient (Wildman–Crippen LogP) is 1.41. The maximum absolute atomic E-state index is 13.5. The quantitative estimate of drug-likeness (QED) is 0.871. The first-order valence-corrected chi connectivity index (χ1v) is 8.74. The normalized spacial score (nSPS) is 12.1. The molecule has 6 nitrogen and oxygen atoms in total. The molecule has 2 rings (SSSR count). The minimum atomic E-state index is -4.29. The number of primary sulfonamides is 1. The lowest BCUT2D eigenvalue weighted by Gasteiger charge is -2.10. The van der Waals surface area contributed by atoms with Crippen molar-refractivity contribution in [3.8, 4) is 0 Å². The summed E-state index contributed by atoms with van der Waals surface area (Å²) in [7, 11) is -8.26. The standard InChI is InChI=1S/C12H10F2N2O4S2/c13-10-2-1-3-11(14)12(10)16-22(19,20)9-6-4-8(5-7-9)21(15,17)18/h1-7,16H,(H2,15,17,18). The first kappa shape index (κ1) is 16.3. The summed E-state index contributed by atoms with van der Waals surface area (Å²) in [5.74, 6) is -2.16. The number of para-hydroxylation sites is 1. The van der Waals surface area contributed by atoms with Gasteiger partial charge in [-0.25, -0.2) is 30.8 Å². The lowest BCUT2D eigenvalue weighted by molar-refractivity contribution is 0.582. The Kier molecular flexibility index (Phi) is 4.18. The van der Waals surface area contributed by atoms with Gasteiger partial charge < -0.3 is 0 Å². The molecule has 10 heteroatoms. The molecule has 2 aromatic rings. The zero-order valence-corrected chi connectivity index (χ0v) is 12.5. The topological polar surface area (TPSA) is 106 Å². The monoisotopic (exact) mass is 348 g/mol. The lowest BCUT2D eigenvalue weighted by Crippen LogP contribution is -2.16. The minimum Gasteiger partial charge on any atom is -0.274 e. The first-order valence-electron chi connectivity index (χ1n) is 5.71. The Morgan fingerprint density at radius 1 is 0.818 bits per heavy atom. The van der Waals surface area contributed by atoms with Gasteiger partial charge in [-0.05, 0) is 36.4 Å². The number of rotatable bonds is 4.